The second kappa shape index (κ2) is 5.26. The van der Waals surface area contributed by atoms with Gasteiger partial charge in [-0.1, -0.05) is 0 Å². The number of carbonyl (C=O) groups excluding carboxylic acids is 1. The highest BCUT2D eigenvalue weighted by atomic mass is 32.1. The van der Waals surface area contributed by atoms with Crippen LogP contribution in [0.5, 0.6) is 0 Å². The molecule has 1 unspecified atom stereocenters. The van der Waals surface area contributed by atoms with Gasteiger partial charge in [0.15, 0.2) is 0 Å². The van der Waals surface area contributed by atoms with Gasteiger partial charge in [0.1, 0.15) is 9.71 Å². The molecule has 2 aromatic rings. The molecule has 1 aliphatic rings. The Morgan fingerprint density at radius 3 is 2.81 bits per heavy atom. The predicted octanol–water partition coefficient (Wildman–Crippen LogP) is 2.90. The number of likely N-dealkylation sites (tertiary alicyclic amines) is 1. The fraction of sp³-hybridized carbons (Fsp3) is 0.533. The molecule has 0 aromatic carbocycles. The number of hydrogen-bond acceptors (Lipinski definition) is 5. The minimum Gasteiger partial charge on any atom is -0.397 e. The smallest absolute Gasteiger partial charge is 0.266 e. The summed E-state index contributed by atoms with van der Waals surface area (Å²) >= 11 is 1.36. The van der Waals surface area contributed by atoms with Crippen LogP contribution in [0.25, 0.3) is 10.2 Å². The quantitative estimate of drug-likeness (QED) is 0.879. The Balaban J connectivity index is 2.06. The highest BCUT2D eigenvalue weighted by molar-refractivity contribution is 7.21. The molecule has 0 saturated carbocycles. The third-order valence-corrected chi connectivity index (χ3v) is 5.47. The summed E-state index contributed by atoms with van der Waals surface area (Å²) in [5.74, 6) is 0.0414. The number of hydrogen-bond donors (Lipinski definition) is 1. The molecule has 2 N–H and O–H groups in total. The standard InChI is InChI=1S/C15H20N4OS/c1-8-6-4-5-7-19(8)15(20)13-12(16)11-9(2)10(3)17-18-14(11)21-13/h8H,4-7,16H2,1-3H3. The SMILES string of the molecule is Cc1nnc2sc(C(=O)N3CCCCC3C)c(N)c2c1C. The highest BCUT2D eigenvalue weighted by Gasteiger charge is 2.28. The molecular formula is C15H20N4OS. The van der Waals surface area contributed by atoms with Crippen molar-refractivity contribution in [1.29, 1.82) is 0 Å². The minimum atomic E-state index is 0.0414. The summed E-state index contributed by atoms with van der Waals surface area (Å²) in [6.45, 7) is 6.81. The van der Waals surface area contributed by atoms with E-state index in [1.54, 1.807) is 0 Å². The first kappa shape index (κ1) is 14.3. The number of rotatable bonds is 1. The first-order valence-electron chi connectivity index (χ1n) is 7.33. The van der Waals surface area contributed by atoms with Gasteiger partial charge in [-0.2, -0.15) is 5.10 Å². The highest BCUT2D eigenvalue weighted by Crippen LogP contribution is 2.36. The van der Waals surface area contributed by atoms with Gasteiger partial charge in [-0.25, -0.2) is 0 Å². The van der Waals surface area contributed by atoms with Gasteiger partial charge in [0.2, 0.25) is 0 Å². The molecule has 3 rings (SSSR count). The van der Waals surface area contributed by atoms with E-state index in [2.05, 4.69) is 17.1 Å². The van der Waals surface area contributed by atoms with Crippen LogP contribution in [0.4, 0.5) is 5.69 Å². The Hall–Kier alpha value is -1.69. The van der Waals surface area contributed by atoms with Gasteiger partial charge in [-0.15, -0.1) is 16.4 Å². The molecule has 6 heteroatoms. The molecule has 0 bridgehead atoms. The summed E-state index contributed by atoms with van der Waals surface area (Å²) in [5.41, 5.74) is 8.69. The Labute approximate surface area is 128 Å². The van der Waals surface area contributed by atoms with Crippen LogP contribution >= 0.6 is 11.3 Å². The number of fused-ring (bicyclic) bond motifs is 1. The predicted molar refractivity (Wildman–Crippen MR) is 85.7 cm³/mol. The van der Waals surface area contributed by atoms with Crippen molar-refractivity contribution in [3.8, 4) is 0 Å². The normalized spacial score (nSPS) is 19.2. The third kappa shape index (κ3) is 2.27. The topological polar surface area (TPSA) is 72.1 Å². The molecule has 1 aliphatic heterocycles. The van der Waals surface area contributed by atoms with Crippen molar-refractivity contribution in [2.24, 2.45) is 0 Å². The van der Waals surface area contributed by atoms with Crippen LogP contribution in [0.2, 0.25) is 0 Å². The van der Waals surface area contributed by atoms with Gasteiger partial charge in [0.05, 0.1) is 11.4 Å². The van der Waals surface area contributed by atoms with Crippen molar-refractivity contribution in [3.05, 3.63) is 16.1 Å². The molecule has 3 heterocycles. The molecule has 5 nitrogen and oxygen atoms in total. The summed E-state index contributed by atoms with van der Waals surface area (Å²) in [7, 11) is 0. The number of aromatic nitrogens is 2. The fourth-order valence-corrected chi connectivity index (χ4v) is 3.99. The lowest BCUT2D eigenvalue weighted by molar-refractivity contribution is 0.0642. The minimum absolute atomic E-state index is 0.0414. The van der Waals surface area contributed by atoms with Crippen molar-refractivity contribution in [3.63, 3.8) is 0 Å². The molecule has 1 atom stereocenters. The Bertz CT molecular complexity index is 709. The van der Waals surface area contributed by atoms with Crippen LogP contribution in [-0.2, 0) is 0 Å². The lowest BCUT2D eigenvalue weighted by Gasteiger charge is -2.33. The van der Waals surface area contributed by atoms with E-state index in [0.717, 1.165) is 40.9 Å². The van der Waals surface area contributed by atoms with Crippen LogP contribution in [0.3, 0.4) is 0 Å². The largest absolute Gasteiger partial charge is 0.397 e. The summed E-state index contributed by atoms with van der Waals surface area (Å²) in [4.78, 5) is 16.1. The van der Waals surface area contributed by atoms with Gasteiger partial charge in [0, 0.05) is 18.0 Å². The lowest BCUT2D eigenvalue weighted by Crippen LogP contribution is -2.41. The van der Waals surface area contributed by atoms with Gasteiger partial charge in [0.25, 0.3) is 5.91 Å². The van der Waals surface area contributed by atoms with Gasteiger partial charge in [-0.3, -0.25) is 4.79 Å². The van der Waals surface area contributed by atoms with Gasteiger partial charge < -0.3 is 10.6 Å². The van der Waals surface area contributed by atoms with Crippen LogP contribution in [-0.4, -0.2) is 33.6 Å². The maximum Gasteiger partial charge on any atom is 0.266 e. The van der Waals surface area contributed by atoms with Crippen molar-refractivity contribution in [2.45, 2.75) is 46.1 Å². The lowest BCUT2D eigenvalue weighted by atomic mass is 10.0. The number of thiophene rings is 1. The third-order valence-electron chi connectivity index (χ3n) is 4.39. The number of nitrogens with two attached hydrogens (primary N) is 1. The van der Waals surface area contributed by atoms with E-state index in [0.29, 0.717) is 10.6 Å². The molecule has 0 radical (unpaired) electrons. The summed E-state index contributed by atoms with van der Waals surface area (Å²) in [5, 5.41) is 9.20. The Kier molecular flexibility index (Phi) is 3.57. The van der Waals surface area contributed by atoms with E-state index >= 15 is 0 Å². The van der Waals surface area contributed by atoms with Crippen molar-refractivity contribution in [1.82, 2.24) is 15.1 Å². The number of carbonyl (C=O) groups is 1. The summed E-state index contributed by atoms with van der Waals surface area (Å²) in [6, 6.07) is 0.282. The molecule has 2 aromatic heterocycles. The van der Waals surface area contributed by atoms with Crippen LogP contribution in [0, 0.1) is 13.8 Å². The number of aryl methyl sites for hydroxylation is 2. The maximum absolute atomic E-state index is 12.8. The van der Waals surface area contributed by atoms with Crippen LogP contribution in [0.1, 0.15) is 47.1 Å². The van der Waals surface area contributed by atoms with E-state index < -0.39 is 0 Å². The number of nitrogen functional groups attached to an aromatic ring is 1. The molecule has 1 saturated heterocycles. The van der Waals surface area contributed by atoms with E-state index in [1.165, 1.54) is 17.8 Å². The zero-order chi connectivity index (χ0) is 15.1. The van der Waals surface area contributed by atoms with Gasteiger partial charge in [-0.05, 0) is 45.6 Å². The van der Waals surface area contributed by atoms with Crippen molar-refractivity contribution in [2.75, 3.05) is 12.3 Å². The monoisotopic (exact) mass is 304 g/mol. The second-order valence-electron chi connectivity index (χ2n) is 5.78. The Morgan fingerprint density at radius 2 is 2.10 bits per heavy atom. The fourth-order valence-electron chi connectivity index (χ4n) is 2.93. The van der Waals surface area contributed by atoms with Crippen LogP contribution in [0.15, 0.2) is 0 Å². The molecule has 112 valence electrons. The number of piperidine rings is 1. The molecule has 1 amide bonds. The number of nitrogens with zero attached hydrogens (tertiary/aromatic N) is 3. The van der Waals surface area contributed by atoms with Gasteiger partial charge >= 0.3 is 0 Å². The average molecular weight is 304 g/mol. The molecule has 21 heavy (non-hydrogen) atoms. The van der Waals surface area contributed by atoms with E-state index in [4.69, 9.17) is 5.73 Å². The Morgan fingerprint density at radius 1 is 1.33 bits per heavy atom. The van der Waals surface area contributed by atoms with E-state index in [-0.39, 0.29) is 11.9 Å². The first-order chi connectivity index (χ1) is 10.0. The number of anilines is 1. The molecule has 1 fully saturated rings. The first-order valence-corrected chi connectivity index (χ1v) is 8.15. The zero-order valence-corrected chi connectivity index (χ0v) is 13.5. The molecule has 0 spiro atoms. The maximum atomic E-state index is 12.8. The summed E-state index contributed by atoms with van der Waals surface area (Å²) in [6.07, 6.45) is 3.32. The average Bonchev–Trinajstić information content (AvgIpc) is 2.80. The second-order valence-corrected chi connectivity index (χ2v) is 6.78. The van der Waals surface area contributed by atoms with Crippen molar-refractivity contribution < 1.29 is 4.79 Å². The molecule has 0 aliphatic carbocycles. The van der Waals surface area contributed by atoms with E-state index in [1.807, 2.05) is 18.7 Å². The van der Waals surface area contributed by atoms with E-state index in [9.17, 15) is 4.79 Å². The molecular weight excluding hydrogens is 284 g/mol. The number of amides is 1. The zero-order valence-electron chi connectivity index (χ0n) is 12.6. The summed E-state index contributed by atoms with van der Waals surface area (Å²) < 4.78 is 0. The van der Waals surface area contributed by atoms with Crippen molar-refractivity contribution >= 4 is 33.1 Å². The van der Waals surface area contributed by atoms with Crippen LogP contribution < -0.4 is 5.73 Å².